The summed E-state index contributed by atoms with van der Waals surface area (Å²) < 4.78 is 14.0. The first-order valence-corrected chi connectivity index (χ1v) is 6.58. The maximum absolute atomic E-state index is 14.0. The van der Waals surface area contributed by atoms with Gasteiger partial charge in [-0.25, -0.2) is 4.39 Å². The molecule has 0 aliphatic carbocycles. The molecule has 0 saturated carbocycles. The van der Waals surface area contributed by atoms with Crippen LogP contribution in [0.5, 0.6) is 0 Å². The third-order valence-corrected chi connectivity index (χ3v) is 3.63. The minimum Gasteiger partial charge on any atom is -0.396 e. The quantitative estimate of drug-likeness (QED) is 0.853. The molecule has 2 N–H and O–H groups in total. The number of anilines is 2. The summed E-state index contributed by atoms with van der Waals surface area (Å²) in [5, 5.41) is 0. The van der Waals surface area contributed by atoms with Crippen LogP contribution in [0.3, 0.4) is 0 Å². The number of nitrogen functional groups attached to an aromatic ring is 1. The highest BCUT2D eigenvalue weighted by Crippen LogP contribution is 2.29. The van der Waals surface area contributed by atoms with Crippen LogP contribution in [0.2, 0.25) is 0 Å². The van der Waals surface area contributed by atoms with Gasteiger partial charge in [-0.2, -0.15) is 0 Å². The zero-order valence-electron chi connectivity index (χ0n) is 11.0. The Bertz CT molecular complexity index is 669. The molecule has 2 aromatic carbocycles. The van der Waals surface area contributed by atoms with E-state index < -0.39 is 5.82 Å². The summed E-state index contributed by atoms with van der Waals surface area (Å²) in [7, 11) is 0. The number of amides is 1. The number of halogens is 1. The van der Waals surface area contributed by atoms with Gasteiger partial charge in [0, 0.05) is 17.7 Å². The molecule has 3 rings (SSSR count). The minimum absolute atomic E-state index is 0.0190. The van der Waals surface area contributed by atoms with Crippen LogP contribution in [0.1, 0.15) is 17.5 Å². The Morgan fingerprint density at radius 1 is 1.10 bits per heavy atom. The molecule has 1 heterocycles. The number of nitrogens with zero attached hydrogens (tertiary/aromatic N) is 1. The van der Waals surface area contributed by atoms with Gasteiger partial charge in [-0.3, -0.25) is 4.79 Å². The van der Waals surface area contributed by atoms with Crippen LogP contribution in [0.25, 0.3) is 0 Å². The first-order valence-electron chi connectivity index (χ1n) is 6.58. The van der Waals surface area contributed by atoms with Gasteiger partial charge >= 0.3 is 0 Å². The average molecular weight is 270 g/mol. The summed E-state index contributed by atoms with van der Waals surface area (Å²) in [6, 6.07) is 12.6. The molecular formula is C16H15FN2O. The van der Waals surface area contributed by atoms with Gasteiger partial charge in [-0.05, 0) is 24.1 Å². The molecule has 2 aromatic rings. The van der Waals surface area contributed by atoms with Crippen molar-refractivity contribution in [3.05, 3.63) is 59.4 Å². The van der Waals surface area contributed by atoms with Gasteiger partial charge in [-0.15, -0.1) is 0 Å². The van der Waals surface area contributed by atoms with Crippen molar-refractivity contribution >= 4 is 17.3 Å². The van der Waals surface area contributed by atoms with E-state index in [1.54, 1.807) is 17.0 Å². The van der Waals surface area contributed by atoms with Crippen LogP contribution in [0.4, 0.5) is 15.8 Å². The van der Waals surface area contributed by atoms with E-state index in [0.29, 0.717) is 12.0 Å². The fraction of sp³-hybridized carbons (Fsp3) is 0.188. The lowest BCUT2D eigenvalue weighted by Crippen LogP contribution is -2.34. The second-order valence-corrected chi connectivity index (χ2v) is 4.93. The van der Waals surface area contributed by atoms with E-state index in [1.165, 1.54) is 6.07 Å². The van der Waals surface area contributed by atoms with Gasteiger partial charge in [0.2, 0.25) is 5.91 Å². The second kappa shape index (κ2) is 4.96. The highest BCUT2D eigenvalue weighted by atomic mass is 19.1. The van der Waals surface area contributed by atoms with Crippen LogP contribution in [-0.4, -0.2) is 5.91 Å². The Hall–Kier alpha value is -2.36. The van der Waals surface area contributed by atoms with Gasteiger partial charge in [0.15, 0.2) is 5.82 Å². The van der Waals surface area contributed by atoms with Gasteiger partial charge in [0.25, 0.3) is 0 Å². The Morgan fingerprint density at radius 3 is 2.75 bits per heavy atom. The normalized spacial score (nSPS) is 14.2. The van der Waals surface area contributed by atoms with E-state index >= 15 is 0 Å². The van der Waals surface area contributed by atoms with E-state index in [1.807, 2.05) is 24.3 Å². The smallest absolute Gasteiger partial charge is 0.227 e. The van der Waals surface area contributed by atoms with Crippen molar-refractivity contribution < 1.29 is 9.18 Å². The van der Waals surface area contributed by atoms with Crippen molar-refractivity contribution in [3.63, 3.8) is 0 Å². The summed E-state index contributed by atoms with van der Waals surface area (Å²) in [5.41, 5.74) is 8.12. The lowest BCUT2D eigenvalue weighted by Gasteiger charge is -2.29. The number of benzene rings is 2. The number of nitrogens with two attached hydrogens (primary N) is 1. The van der Waals surface area contributed by atoms with Gasteiger partial charge < -0.3 is 10.6 Å². The van der Waals surface area contributed by atoms with E-state index in [-0.39, 0.29) is 18.1 Å². The molecule has 1 aliphatic heterocycles. The van der Waals surface area contributed by atoms with Crippen molar-refractivity contribution in [2.75, 3.05) is 10.6 Å². The molecule has 0 aromatic heterocycles. The van der Waals surface area contributed by atoms with E-state index in [9.17, 15) is 9.18 Å². The Kier molecular flexibility index (Phi) is 3.14. The van der Waals surface area contributed by atoms with Crippen LogP contribution < -0.4 is 10.6 Å². The molecule has 0 spiro atoms. The first kappa shape index (κ1) is 12.7. The number of carbonyl (C=O) groups excluding carboxylic acids is 1. The predicted molar refractivity (Wildman–Crippen MR) is 76.8 cm³/mol. The molecule has 0 bridgehead atoms. The number of hydrogen-bond donors (Lipinski definition) is 1. The van der Waals surface area contributed by atoms with Crippen LogP contribution in [-0.2, 0) is 17.8 Å². The number of fused-ring (bicyclic) bond motifs is 1. The third kappa shape index (κ3) is 2.13. The Labute approximate surface area is 116 Å². The first-order chi connectivity index (χ1) is 9.66. The molecule has 1 amide bonds. The molecule has 0 unspecified atom stereocenters. The molecular weight excluding hydrogens is 255 g/mol. The number of hydrogen-bond acceptors (Lipinski definition) is 2. The largest absolute Gasteiger partial charge is 0.396 e. The monoisotopic (exact) mass is 270 g/mol. The fourth-order valence-electron chi connectivity index (χ4n) is 2.56. The van der Waals surface area contributed by atoms with E-state index in [2.05, 4.69) is 0 Å². The highest BCUT2D eigenvalue weighted by Gasteiger charge is 2.24. The molecule has 102 valence electrons. The summed E-state index contributed by atoms with van der Waals surface area (Å²) >= 11 is 0. The zero-order valence-corrected chi connectivity index (χ0v) is 11.0. The maximum Gasteiger partial charge on any atom is 0.227 e. The standard InChI is InChI=1S/C16H15FN2O/c17-16-12(5-3-6-13(16)18)10-19-14-7-2-1-4-11(14)8-9-15(19)20/h1-7H,8-10,18H2. The Morgan fingerprint density at radius 2 is 1.90 bits per heavy atom. The summed E-state index contributed by atoms with van der Waals surface area (Å²) in [6.07, 6.45) is 1.20. The van der Waals surface area contributed by atoms with Crippen molar-refractivity contribution in [2.45, 2.75) is 19.4 Å². The minimum atomic E-state index is -0.441. The van der Waals surface area contributed by atoms with Crippen molar-refractivity contribution in [2.24, 2.45) is 0 Å². The number of aryl methyl sites for hydroxylation is 1. The summed E-state index contributed by atoms with van der Waals surface area (Å²) in [4.78, 5) is 13.8. The van der Waals surface area contributed by atoms with Gasteiger partial charge in [0.05, 0.1) is 12.2 Å². The third-order valence-electron chi connectivity index (χ3n) is 3.63. The molecule has 20 heavy (non-hydrogen) atoms. The van der Waals surface area contributed by atoms with Crippen LogP contribution >= 0.6 is 0 Å². The molecule has 3 nitrogen and oxygen atoms in total. The number of para-hydroxylation sites is 1. The zero-order chi connectivity index (χ0) is 14.1. The summed E-state index contributed by atoms with van der Waals surface area (Å²) in [6.45, 7) is 0.215. The number of rotatable bonds is 2. The molecule has 4 heteroatoms. The summed E-state index contributed by atoms with van der Waals surface area (Å²) in [5.74, 6) is -0.422. The maximum atomic E-state index is 14.0. The molecule has 1 aliphatic rings. The van der Waals surface area contributed by atoms with Crippen LogP contribution in [0, 0.1) is 5.82 Å². The van der Waals surface area contributed by atoms with E-state index in [0.717, 1.165) is 17.7 Å². The van der Waals surface area contributed by atoms with Gasteiger partial charge in [-0.1, -0.05) is 30.3 Å². The predicted octanol–water partition coefficient (Wildman–Crippen LogP) is 2.89. The fourth-order valence-corrected chi connectivity index (χ4v) is 2.56. The van der Waals surface area contributed by atoms with E-state index in [4.69, 9.17) is 5.73 Å². The molecule has 0 atom stereocenters. The SMILES string of the molecule is Nc1cccc(CN2C(=O)CCc3ccccc32)c1F. The highest BCUT2D eigenvalue weighted by molar-refractivity contribution is 5.96. The Balaban J connectivity index is 1.98. The average Bonchev–Trinajstić information content (AvgIpc) is 2.46. The topological polar surface area (TPSA) is 46.3 Å². The lowest BCUT2D eigenvalue weighted by molar-refractivity contribution is -0.119. The van der Waals surface area contributed by atoms with Crippen LogP contribution in [0.15, 0.2) is 42.5 Å². The van der Waals surface area contributed by atoms with Crippen molar-refractivity contribution in [1.29, 1.82) is 0 Å². The van der Waals surface area contributed by atoms with Crippen molar-refractivity contribution in [1.82, 2.24) is 0 Å². The molecule has 0 fully saturated rings. The second-order valence-electron chi connectivity index (χ2n) is 4.93. The van der Waals surface area contributed by atoms with Crippen molar-refractivity contribution in [3.8, 4) is 0 Å². The molecule has 0 radical (unpaired) electrons. The molecule has 0 saturated heterocycles. The van der Waals surface area contributed by atoms with Gasteiger partial charge in [0.1, 0.15) is 0 Å². The number of carbonyl (C=O) groups is 1. The lowest BCUT2D eigenvalue weighted by atomic mass is 10.0.